The van der Waals surface area contributed by atoms with Gasteiger partial charge in [-0.2, -0.15) is 0 Å². The van der Waals surface area contributed by atoms with Crippen molar-refractivity contribution in [1.82, 2.24) is 5.32 Å². The first-order valence-corrected chi connectivity index (χ1v) is 5.60. The number of carbonyl (C=O) groups excluding carboxylic acids is 1. The molecule has 4 nitrogen and oxygen atoms in total. The molecule has 0 aliphatic heterocycles. The van der Waals surface area contributed by atoms with Crippen LogP contribution >= 0.6 is 0 Å². The van der Waals surface area contributed by atoms with E-state index < -0.39 is 6.10 Å². The average molecular weight is 215 g/mol. The molecule has 1 aliphatic rings. The minimum atomic E-state index is -0.601. The van der Waals surface area contributed by atoms with E-state index in [0.717, 1.165) is 19.3 Å². The summed E-state index contributed by atoms with van der Waals surface area (Å²) in [5.41, 5.74) is 0. The molecule has 0 saturated heterocycles. The summed E-state index contributed by atoms with van der Waals surface area (Å²) in [6, 6.07) is 0. The van der Waals surface area contributed by atoms with Crippen LogP contribution in [0, 0.1) is 11.8 Å². The van der Waals surface area contributed by atoms with E-state index >= 15 is 0 Å². The average Bonchev–Trinajstić information content (AvgIpc) is 2.61. The van der Waals surface area contributed by atoms with Crippen LogP contribution in [-0.2, 0) is 9.53 Å². The van der Waals surface area contributed by atoms with Crippen LogP contribution in [0.15, 0.2) is 0 Å². The maximum atomic E-state index is 11.7. The third-order valence-corrected chi connectivity index (χ3v) is 3.07. The second-order valence-corrected chi connectivity index (χ2v) is 4.37. The van der Waals surface area contributed by atoms with Crippen LogP contribution in [0.2, 0.25) is 0 Å². The Morgan fingerprint density at radius 2 is 2.33 bits per heavy atom. The van der Waals surface area contributed by atoms with E-state index in [2.05, 4.69) is 12.2 Å². The Balaban J connectivity index is 2.23. The summed E-state index contributed by atoms with van der Waals surface area (Å²) in [6.07, 6.45) is 2.65. The molecule has 0 aromatic carbocycles. The number of amides is 1. The number of aliphatic hydroxyl groups excluding tert-OH is 1. The van der Waals surface area contributed by atoms with Crippen LogP contribution < -0.4 is 5.32 Å². The predicted octanol–water partition coefficient (Wildman–Crippen LogP) is 0.546. The van der Waals surface area contributed by atoms with Crippen molar-refractivity contribution in [2.24, 2.45) is 11.8 Å². The number of carbonyl (C=O) groups is 1. The lowest BCUT2D eigenvalue weighted by Gasteiger charge is -2.16. The quantitative estimate of drug-likeness (QED) is 0.704. The Hall–Kier alpha value is -0.610. The molecule has 0 aromatic heterocycles. The van der Waals surface area contributed by atoms with Crippen molar-refractivity contribution in [2.75, 3.05) is 20.3 Å². The van der Waals surface area contributed by atoms with Crippen LogP contribution in [0.5, 0.6) is 0 Å². The maximum absolute atomic E-state index is 11.7. The molecule has 1 rings (SSSR count). The molecule has 4 heteroatoms. The molecule has 1 amide bonds. The lowest BCUT2D eigenvalue weighted by molar-refractivity contribution is -0.126. The van der Waals surface area contributed by atoms with E-state index in [9.17, 15) is 9.90 Å². The van der Waals surface area contributed by atoms with E-state index in [4.69, 9.17) is 4.74 Å². The lowest BCUT2D eigenvalue weighted by Crippen LogP contribution is -2.38. The summed E-state index contributed by atoms with van der Waals surface area (Å²) >= 11 is 0. The lowest BCUT2D eigenvalue weighted by atomic mass is 9.97. The normalized spacial score (nSPS) is 27.7. The van der Waals surface area contributed by atoms with Gasteiger partial charge in [0.2, 0.25) is 5.91 Å². The highest BCUT2D eigenvalue weighted by molar-refractivity contribution is 5.79. The first kappa shape index (κ1) is 12.5. The summed E-state index contributed by atoms with van der Waals surface area (Å²) in [4.78, 5) is 11.7. The van der Waals surface area contributed by atoms with Crippen LogP contribution in [-0.4, -0.2) is 37.4 Å². The van der Waals surface area contributed by atoms with Crippen LogP contribution in [0.25, 0.3) is 0 Å². The number of aliphatic hydroxyl groups is 1. The standard InChI is InChI=1S/C11H21NO3/c1-8-4-3-5-10(8)11(14)12-6-9(13)7-15-2/h8-10,13H,3-7H2,1-2H3,(H,12,14). The fourth-order valence-electron chi connectivity index (χ4n) is 2.14. The Labute approximate surface area is 91.0 Å². The van der Waals surface area contributed by atoms with Crippen molar-refractivity contribution in [2.45, 2.75) is 32.3 Å². The van der Waals surface area contributed by atoms with Gasteiger partial charge in [-0.15, -0.1) is 0 Å². The molecule has 0 spiro atoms. The van der Waals surface area contributed by atoms with E-state index in [1.165, 1.54) is 7.11 Å². The summed E-state index contributed by atoms with van der Waals surface area (Å²) in [5, 5.41) is 12.1. The summed E-state index contributed by atoms with van der Waals surface area (Å²) in [6.45, 7) is 2.67. The van der Waals surface area contributed by atoms with Crippen molar-refractivity contribution < 1.29 is 14.6 Å². The van der Waals surface area contributed by atoms with Crippen LogP contribution in [0.4, 0.5) is 0 Å². The molecule has 3 atom stereocenters. The molecule has 1 fully saturated rings. The van der Waals surface area contributed by atoms with Gasteiger partial charge < -0.3 is 15.2 Å². The molecule has 2 N–H and O–H groups in total. The van der Waals surface area contributed by atoms with Crippen molar-refractivity contribution in [3.05, 3.63) is 0 Å². The fourth-order valence-corrected chi connectivity index (χ4v) is 2.14. The van der Waals surface area contributed by atoms with E-state index in [0.29, 0.717) is 5.92 Å². The highest BCUT2D eigenvalue weighted by Crippen LogP contribution is 2.30. The van der Waals surface area contributed by atoms with E-state index in [-0.39, 0.29) is 25.0 Å². The Morgan fingerprint density at radius 1 is 1.60 bits per heavy atom. The molecule has 88 valence electrons. The molecule has 0 radical (unpaired) electrons. The van der Waals surface area contributed by atoms with Crippen molar-refractivity contribution >= 4 is 5.91 Å². The molecule has 0 bridgehead atoms. The minimum Gasteiger partial charge on any atom is -0.389 e. The molecular formula is C11H21NO3. The Kier molecular flexibility index (Phi) is 5.05. The fraction of sp³-hybridized carbons (Fsp3) is 0.909. The second-order valence-electron chi connectivity index (χ2n) is 4.37. The second kappa shape index (κ2) is 6.08. The first-order valence-electron chi connectivity index (χ1n) is 5.60. The summed E-state index contributed by atoms with van der Waals surface area (Å²) < 4.78 is 4.78. The molecular weight excluding hydrogens is 194 g/mol. The van der Waals surface area contributed by atoms with Gasteiger partial charge in [0, 0.05) is 19.6 Å². The monoisotopic (exact) mass is 215 g/mol. The van der Waals surface area contributed by atoms with Gasteiger partial charge in [-0.25, -0.2) is 0 Å². The highest BCUT2D eigenvalue weighted by atomic mass is 16.5. The zero-order valence-corrected chi connectivity index (χ0v) is 9.53. The number of hydrogen-bond acceptors (Lipinski definition) is 3. The molecule has 1 aliphatic carbocycles. The van der Waals surface area contributed by atoms with Gasteiger partial charge >= 0.3 is 0 Å². The maximum Gasteiger partial charge on any atom is 0.223 e. The minimum absolute atomic E-state index is 0.0788. The number of rotatable bonds is 5. The van der Waals surface area contributed by atoms with Gasteiger partial charge in [-0.1, -0.05) is 13.3 Å². The molecule has 1 saturated carbocycles. The van der Waals surface area contributed by atoms with Gasteiger partial charge in [0.25, 0.3) is 0 Å². The van der Waals surface area contributed by atoms with Crippen molar-refractivity contribution in [1.29, 1.82) is 0 Å². The third kappa shape index (κ3) is 3.80. The molecule has 15 heavy (non-hydrogen) atoms. The van der Waals surface area contributed by atoms with E-state index in [1.807, 2.05) is 0 Å². The van der Waals surface area contributed by atoms with Gasteiger partial charge in [-0.3, -0.25) is 4.79 Å². The van der Waals surface area contributed by atoms with E-state index in [1.54, 1.807) is 0 Å². The largest absolute Gasteiger partial charge is 0.389 e. The molecule has 0 aromatic rings. The molecule has 0 heterocycles. The predicted molar refractivity (Wildman–Crippen MR) is 57.4 cm³/mol. The third-order valence-electron chi connectivity index (χ3n) is 3.07. The molecule has 3 unspecified atom stereocenters. The van der Waals surface area contributed by atoms with Gasteiger partial charge in [0.15, 0.2) is 0 Å². The highest BCUT2D eigenvalue weighted by Gasteiger charge is 2.29. The van der Waals surface area contributed by atoms with Gasteiger partial charge in [0.1, 0.15) is 0 Å². The topological polar surface area (TPSA) is 58.6 Å². The number of ether oxygens (including phenoxy) is 1. The van der Waals surface area contributed by atoms with Crippen LogP contribution in [0.1, 0.15) is 26.2 Å². The van der Waals surface area contributed by atoms with Gasteiger partial charge in [0.05, 0.1) is 12.7 Å². The van der Waals surface area contributed by atoms with Crippen LogP contribution in [0.3, 0.4) is 0 Å². The zero-order chi connectivity index (χ0) is 11.3. The van der Waals surface area contributed by atoms with Crippen molar-refractivity contribution in [3.8, 4) is 0 Å². The zero-order valence-electron chi connectivity index (χ0n) is 9.53. The number of hydrogen-bond donors (Lipinski definition) is 2. The summed E-state index contributed by atoms with van der Waals surface area (Å²) in [7, 11) is 1.53. The van der Waals surface area contributed by atoms with Gasteiger partial charge in [-0.05, 0) is 18.8 Å². The van der Waals surface area contributed by atoms with Crippen molar-refractivity contribution in [3.63, 3.8) is 0 Å². The number of nitrogens with one attached hydrogen (secondary N) is 1. The smallest absolute Gasteiger partial charge is 0.223 e. The Bertz CT molecular complexity index is 208. The summed E-state index contributed by atoms with van der Waals surface area (Å²) in [5.74, 6) is 0.694. The first-order chi connectivity index (χ1) is 7.15. The number of methoxy groups -OCH3 is 1. The Morgan fingerprint density at radius 3 is 2.87 bits per heavy atom. The SMILES string of the molecule is COCC(O)CNC(=O)C1CCCC1C.